The van der Waals surface area contributed by atoms with Crippen LogP contribution in [0.15, 0.2) is 47.7 Å². The van der Waals surface area contributed by atoms with Crippen LogP contribution in [0, 0.1) is 0 Å². The number of rotatable bonds is 4. The summed E-state index contributed by atoms with van der Waals surface area (Å²) in [5.74, 6) is 0.738. The third-order valence-electron chi connectivity index (χ3n) is 4.62. The van der Waals surface area contributed by atoms with Crippen molar-refractivity contribution in [1.29, 1.82) is 0 Å². The molecule has 0 saturated carbocycles. The van der Waals surface area contributed by atoms with Crippen molar-refractivity contribution in [3.63, 3.8) is 0 Å². The molecule has 0 aliphatic carbocycles. The Morgan fingerprint density at radius 3 is 2.40 bits per heavy atom. The van der Waals surface area contributed by atoms with Gasteiger partial charge in [0, 0.05) is 29.3 Å². The molecular weight excluding hydrogens is 465 g/mol. The molecule has 0 fully saturated rings. The summed E-state index contributed by atoms with van der Waals surface area (Å²) in [5, 5.41) is 8.44. The van der Waals surface area contributed by atoms with Crippen molar-refractivity contribution >= 4 is 32.7 Å². The van der Waals surface area contributed by atoms with Gasteiger partial charge >= 0.3 is 6.18 Å². The first-order valence-electron chi connectivity index (χ1n) is 8.69. The Morgan fingerprint density at radius 2 is 1.70 bits per heavy atom. The molecule has 3 aromatic heterocycles. The van der Waals surface area contributed by atoms with Gasteiger partial charge in [0.05, 0.1) is 29.5 Å². The van der Waals surface area contributed by atoms with E-state index in [1.165, 1.54) is 35.9 Å². The number of aromatic nitrogens is 7. The minimum Gasteiger partial charge on any atom is -0.351 e. The van der Waals surface area contributed by atoms with Crippen LogP contribution in [0.3, 0.4) is 0 Å². The highest BCUT2D eigenvalue weighted by Gasteiger charge is 2.32. The summed E-state index contributed by atoms with van der Waals surface area (Å²) in [6, 6.07) is 1.64. The maximum atomic E-state index is 13.4. The molecule has 0 radical (unpaired) electrons. The number of hydrogen-bond donors (Lipinski definition) is 0. The van der Waals surface area contributed by atoms with Crippen molar-refractivity contribution in [3.8, 4) is 5.82 Å². The lowest BCUT2D eigenvalue weighted by Gasteiger charge is -2.27. The van der Waals surface area contributed by atoms with Gasteiger partial charge in [0.15, 0.2) is 5.82 Å². The Morgan fingerprint density at radius 1 is 1.00 bits per heavy atom. The molecule has 0 N–H and O–H groups in total. The second-order valence-corrected chi connectivity index (χ2v) is 7.27. The lowest BCUT2D eigenvalue weighted by Crippen LogP contribution is -2.26. The number of fused-ring (bicyclic) bond motifs is 1. The van der Waals surface area contributed by atoms with Crippen LogP contribution in [0.1, 0.15) is 24.2 Å². The molecule has 1 atom stereocenters. The first-order valence-corrected chi connectivity index (χ1v) is 9.48. The molecule has 0 spiro atoms. The molecule has 4 rings (SSSR count). The van der Waals surface area contributed by atoms with E-state index in [0.717, 1.165) is 12.1 Å². The van der Waals surface area contributed by atoms with E-state index >= 15 is 0 Å². The molecule has 0 saturated heterocycles. The second kappa shape index (κ2) is 7.59. The van der Waals surface area contributed by atoms with Crippen LogP contribution in [-0.4, -0.2) is 42.0 Å². The summed E-state index contributed by atoms with van der Waals surface area (Å²) >= 11 is 3.19. The lowest BCUT2D eigenvalue weighted by molar-refractivity contribution is -0.137. The van der Waals surface area contributed by atoms with E-state index in [9.17, 15) is 13.2 Å². The van der Waals surface area contributed by atoms with Crippen LogP contribution in [-0.2, 0) is 6.18 Å². The fraction of sp³-hybridized carbons (Fsp3) is 0.222. The number of nitrogens with zero attached hydrogens (tertiary/aromatic N) is 8. The molecule has 0 aliphatic rings. The number of halogens is 4. The Hall–Kier alpha value is -3.15. The average Bonchev–Trinajstić information content (AvgIpc) is 3.26. The monoisotopic (exact) mass is 478 g/mol. The third kappa shape index (κ3) is 3.58. The van der Waals surface area contributed by atoms with Gasteiger partial charge in [-0.1, -0.05) is 0 Å². The van der Waals surface area contributed by atoms with Gasteiger partial charge in [-0.2, -0.15) is 23.4 Å². The third-order valence-corrected chi connectivity index (χ3v) is 5.23. The van der Waals surface area contributed by atoms with E-state index in [-0.39, 0.29) is 9.86 Å². The molecule has 1 aromatic carbocycles. The zero-order chi connectivity index (χ0) is 21.5. The van der Waals surface area contributed by atoms with Gasteiger partial charge in [0.2, 0.25) is 0 Å². The van der Waals surface area contributed by atoms with Gasteiger partial charge in [-0.3, -0.25) is 4.98 Å². The maximum absolute atomic E-state index is 13.4. The van der Waals surface area contributed by atoms with E-state index in [4.69, 9.17) is 0 Å². The Kier molecular flexibility index (Phi) is 5.10. The van der Waals surface area contributed by atoms with Crippen LogP contribution in [0.4, 0.5) is 19.0 Å². The summed E-state index contributed by atoms with van der Waals surface area (Å²) in [4.78, 5) is 20.1. The lowest BCUT2D eigenvalue weighted by atomic mass is 10.1. The summed E-state index contributed by atoms with van der Waals surface area (Å²) in [5.41, 5.74) is 0.120. The average molecular weight is 479 g/mol. The SMILES string of the molecule is CC(c1nccnc1-n1nccn1)N(C)c1ncnc2c(Br)cc(C(F)(F)F)cc12. The molecule has 1 unspecified atom stereocenters. The largest absolute Gasteiger partial charge is 0.416 e. The predicted octanol–water partition coefficient (Wildman–Crippen LogP) is 3.98. The molecule has 4 aromatic rings. The highest BCUT2D eigenvalue weighted by atomic mass is 79.9. The molecule has 154 valence electrons. The van der Waals surface area contributed by atoms with Crippen LogP contribution >= 0.6 is 15.9 Å². The minimum atomic E-state index is -4.50. The van der Waals surface area contributed by atoms with Crippen LogP contribution < -0.4 is 4.90 Å². The van der Waals surface area contributed by atoms with Gasteiger partial charge in [0.25, 0.3) is 0 Å². The number of alkyl halides is 3. The zero-order valence-electron chi connectivity index (χ0n) is 15.7. The molecule has 8 nitrogen and oxygen atoms in total. The standard InChI is InChI=1S/C18H14BrF3N8/c1-10(14-17(24-4-3-23-14)30-27-5-6-28-30)29(2)16-12-7-11(18(20,21)22)8-13(19)15(12)25-9-26-16/h3-10H,1-2H3. The summed E-state index contributed by atoms with van der Waals surface area (Å²) < 4.78 is 40.3. The maximum Gasteiger partial charge on any atom is 0.416 e. The molecule has 0 bridgehead atoms. The second-order valence-electron chi connectivity index (χ2n) is 6.42. The van der Waals surface area contributed by atoms with E-state index in [1.807, 2.05) is 6.92 Å². The van der Waals surface area contributed by atoms with Gasteiger partial charge < -0.3 is 4.90 Å². The highest BCUT2D eigenvalue weighted by Crippen LogP contribution is 2.38. The first kappa shape index (κ1) is 20.1. The highest BCUT2D eigenvalue weighted by molar-refractivity contribution is 9.10. The van der Waals surface area contributed by atoms with Crippen LogP contribution in [0.25, 0.3) is 16.7 Å². The summed E-state index contributed by atoms with van der Waals surface area (Å²) in [6.07, 6.45) is 2.89. The minimum absolute atomic E-state index is 0.234. The summed E-state index contributed by atoms with van der Waals surface area (Å²) in [7, 11) is 1.72. The van der Waals surface area contributed by atoms with E-state index in [0.29, 0.717) is 22.8 Å². The fourth-order valence-corrected chi connectivity index (χ4v) is 3.60. The number of hydrogen-bond acceptors (Lipinski definition) is 7. The predicted molar refractivity (Wildman–Crippen MR) is 106 cm³/mol. The quantitative estimate of drug-likeness (QED) is 0.438. The summed E-state index contributed by atoms with van der Waals surface area (Å²) in [6.45, 7) is 1.84. The van der Waals surface area contributed by atoms with E-state index in [2.05, 4.69) is 46.1 Å². The van der Waals surface area contributed by atoms with Crippen molar-refractivity contribution in [2.45, 2.75) is 19.1 Å². The van der Waals surface area contributed by atoms with Crippen LogP contribution in [0.2, 0.25) is 0 Å². The molecule has 12 heteroatoms. The van der Waals surface area contributed by atoms with Gasteiger partial charge in [-0.25, -0.2) is 15.0 Å². The molecule has 30 heavy (non-hydrogen) atoms. The van der Waals surface area contributed by atoms with Crippen LogP contribution in [0.5, 0.6) is 0 Å². The Bertz CT molecular complexity index is 1200. The fourth-order valence-electron chi connectivity index (χ4n) is 3.04. The normalized spacial score (nSPS) is 12.9. The smallest absolute Gasteiger partial charge is 0.351 e. The van der Waals surface area contributed by atoms with Crippen molar-refractivity contribution in [1.82, 2.24) is 34.9 Å². The Labute approximate surface area is 176 Å². The van der Waals surface area contributed by atoms with Crippen molar-refractivity contribution in [3.05, 3.63) is 59.0 Å². The van der Waals surface area contributed by atoms with Gasteiger partial charge in [-0.15, -0.1) is 4.80 Å². The number of anilines is 1. The van der Waals surface area contributed by atoms with Crippen molar-refractivity contribution in [2.75, 3.05) is 11.9 Å². The molecular formula is C18H14BrF3N8. The van der Waals surface area contributed by atoms with Gasteiger partial charge in [0.1, 0.15) is 17.8 Å². The van der Waals surface area contributed by atoms with E-state index < -0.39 is 17.8 Å². The van der Waals surface area contributed by atoms with E-state index in [1.54, 1.807) is 11.9 Å². The van der Waals surface area contributed by atoms with Crippen molar-refractivity contribution < 1.29 is 13.2 Å². The molecule has 3 heterocycles. The zero-order valence-corrected chi connectivity index (χ0v) is 17.3. The number of benzene rings is 1. The van der Waals surface area contributed by atoms with Gasteiger partial charge in [-0.05, 0) is 35.0 Å². The Balaban J connectivity index is 1.83. The molecule has 0 aliphatic heterocycles. The first-order chi connectivity index (χ1) is 14.3. The molecule has 0 amide bonds. The van der Waals surface area contributed by atoms with Crippen molar-refractivity contribution in [2.24, 2.45) is 0 Å². The topological polar surface area (TPSA) is 85.5 Å².